The lowest BCUT2D eigenvalue weighted by Gasteiger charge is -2.12. The van der Waals surface area contributed by atoms with Crippen LogP contribution in [0.3, 0.4) is 0 Å². The Bertz CT molecular complexity index is 1110. The zero-order valence-corrected chi connectivity index (χ0v) is 21.5. The summed E-state index contributed by atoms with van der Waals surface area (Å²) < 4.78 is 11.0. The highest BCUT2D eigenvalue weighted by atomic mass is 35.5. The van der Waals surface area contributed by atoms with E-state index in [9.17, 15) is 9.59 Å². The minimum absolute atomic E-state index is 0.224. The molecule has 0 atom stereocenters. The van der Waals surface area contributed by atoms with Crippen LogP contribution in [0.15, 0.2) is 47.8 Å². The molecule has 0 saturated carbocycles. The molecule has 2 aromatic carbocycles. The fourth-order valence-corrected chi connectivity index (χ4v) is 4.94. The number of benzene rings is 2. The van der Waals surface area contributed by atoms with E-state index in [0.717, 1.165) is 31.2 Å². The summed E-state index contributed by atoms with van der Waals surface area (Å²) in [5.74, 6) is -0.572. The quantitative estimate of drug-likeness (QED) is 0.205. The van der Waals surface area contributed by atoms with Crippen molar-refractivity contribution in [2.45, 2.75) is 39.5 Å². The van der Waals surface area contributed by atoms with Gasteiger partial charge in [-0.1, -0.05) is 79.7 Å². The predicted octanol–water partition coefficient (Wildman–Crippen LogP) is 8.11. The maximum atomic E-state index is 13.0. The highest BCUT2D eigenvalue weighted by Gasteiger charge is 2.24. The molecule has 0 spiro atoms. The summed E-state index contributed by atoms with van der Waals surface area (Å²) in [6.45, 7) is 4.61. The van der Waals surface area contributed by atoms with Crippen LogP contribution in [0, 0.1) is 0 Å². The molecular formula is C26H27Cl2NO4S. The summed E-state index contributed by atoms with van der Waals surface area (Å²) in [4.78, 5) is 25.8. The average Bonchev–Trinajstić information content (AvgIpc) is 3.24. The lowest BCUT2D eigenvalue weighted by Crippen LogP contribution is -2.15. The first-order valence-corrected chi connectivity index (χ1v) is 12.9. The van der Waals surface area contributed by atoms with Gasteiger partial charge in [0.25, 0.3) is 5.91 Å². The van der Waals surface area contributed by atoms with E-state index < -0.39 is 11.9 Å². The van der Waals surface area contributed by atoms with E-state index in [1.54, 1.807) is 6.92 Å². The summed E-state index contributed by atoms with van der Waals surface area (Å²) in [6.07, 6.45) is 4.26. The molecule has 5 nitrogen and oxygen atoms in total. The van der Waals surface area contributed by atoms with Gasteiger partial charge in [-0.2, -0.15) is 0 Å². The third kappa shape index (κ3) is 6.53. The molecule has 1 amide bonds. The molecule has 34 heavy (non-hydrogen) atoms. The molecule has 0 aliphatic rings. The second-order valence-corrected chi connectivity index (χ2v) is 9.27. The van der Waals surface area contributed by atoms with Crippen LogP contribution in [-0.2, 0) is 4.74 Å². The van der Waals surface area contributed by atoms with E-state index in [1.165, 1.54) is 23.5 Å². The molecule has 3 aromatic rings. The van der Waals surface area contributed by atoms with Crippen LogP contribution in [0.25, 0.3) is 11.1 Å². The first-order chi connectivity index (χ1) is 16.5. The largest absolute Gasteiger partial charge is 0.490 e. The van der Waals surface area contributed by atoms with E-state index in [2.05, 4.69) is 12.2 Å². The molecule has 0 radical (unpaired) electrons. The van der Waals surface area contributed by atoms with Crippen molar-refractivity contribution in [3.63, 3.8) is 0 Å². The second-order valence-electron chi connectivity index (χ2n) is 7.57. The first kappa shape index (κ1) is 26.1. The minimum atomic E-state index is -0.499. The number of hydrogen-bond acceptors (Lipinski definition) is 5. The zero-order valence-electron chi connectivity index (χ0n) is 19.2. The Morgan fingerprint density at radius 1 is 1.00 bits per heavy atom. The molecule has 1 heterocycles. The van der Waals surface area contributed by atoms with E-state index >= 15 is 0 Å². The van der Waals surface area contributed by atoms with Crippen molar-refractivity contribution in [1.82, 2.24) is 0 Å². The Balaban J connectivity index is 1.81. The standard InChI is InChI=1S/C26H27Cl2NO4S/c1-3-5-6-10-13-33-23-20(27)14-18(15-21(23)28)24(30)29-25-22(26(31)32-4-2)19(16-34-25)17-11-8-7-9-12-17/h7-9,11-12,14-16H,3-6,10,13H2,1-2H3,(H,29,30). The molecule has 0 bridgehead atoms. The van der Waals surface area contributed by atoms with Gasteiger partial charge in [0.15, 0.2) is 5.75 Å². The maximum absolute atomic E-state index is 13.0. The Morgan fingerprint density at radius 3 is 2.35 bits per heavy atom. The van der Waals surface area contributed by atoms with E-state index in [0.29, 0.717) is 28.5 Å². The van der Waals surface area contributed by atoms with Crippen LogP contribution in [0.4, 0.5) is 5.00 Å². The normalized spacial score (nSPS) is 10.7. The van der Waals surface area contributed by atoms with Gasteiger partial charge in [-0.15, -0.1) is 11.3 Å². The third-order valence-corrected chi connectivity index (χ3v) is 6.54. The minimum Gasteiger partial charge on any atom is -0.490 e. The van der Waals surface area contributed by atoms with Crippen molar-refractivity contribution in [2.75, 3.05) is 18.5 Å². The van der Waals surface area contributed by atoms with Gasteiger partial charge >= 0.3 is 5.97 Å². The number of carbonyl (C=O) groups is 2. The number of unbranched alkanes of at least 4 members (excludes halogenated alkanes) is 3. The number of esters is 1. The Kier molecular flexibility index (Phi) is 9.81. The second kappa shape index (κ2) is 12.8. The molecule has 0 fully saturated rings. The Hall–Kier alpha value is -2.54. The highest BCUT2D eigenvalue weighted by molar-refractivity contribution is 7.15. The summed E-state index contributed by atoms with van der Waals surface area (Å²) in [7, 11) is 0. The maximum Gasteiger partial charge on any atom is 0.341 e. The number of thiophene rings is 1. The van der Waals surface area contributed by atoms with Gasteiger partial charge in [0.05, 0.1) is 23.3 Å². The molecule has 1 N–H and O–H groups in total. The fourth-order valence-electron chi connectivity index (χ4n) is 3.39. The van der Waals surface area contributed by atoms with Crippen molar-refractivity contribution in [3.8, 4) is 16.9 Å². The van der Waals surface area contributed by atoms with Gasteiger partial charge in [0.2, 0.25) is 0 Å². The molecular weight excluding hydrogens is 493 g/mol. The third-order valence-electron chi connectivity index (χ3n) is 5.09. The van der Waals surface area contributed by atoms with Gasteiger partial charge in [0, 0.05) is 16.5 Å². The van der Waals surface area contributed by atoms with E-state index in [4.69, 9.17) is 32.7 Å². The van der Waals surface area contributed by atoms with Gasteiger partial charge in [-0.25, -0.2) is 4.79 Å². The van der Waals surface area contributed by atoms with Crippen molar-refractivity contribution >= 4 is 51.4 Å². The molecule has 0 aliphatic heterocycles. The van der Waals surface area contributed by atoms with Gasteiger partial charge in [0.1, 0.15) is 10.6 Å². The topological polar surface area (TPSA) is 64.6 Å². The smallest absolute Gasteiger partial charge is 0.341 e. The van der Waals surface area contributed by atoms with Crippen LogP contribution in [0.1, 0.15) is 60.2 Å². The summed E-state index contributed by atoms with van der Waals surface area (Å²) in [5.41, 5.74) is 2.13. The number of amides is 1. The average molecular weight is 520 g/mol. The number of halogens is 2. The van der Waals surface area contributed by atoms with Gasteiger partial charge in [-0.3, -0.25) is 4.79 Å². The molecule has 3 rings (SSSR count). The first-order valence-electron chi connectivity index (χ1n) is 11.2. The molecule has 0 unspecified atom stereocenters. The highest BCUT2D eigenvalue weighted by Crippen LogP contribution is 2.38. The van der Waals surface area contributed by atoms with Crippen LogP contribution in [0.5, 0.6) is 5.75 Å². The number of nitrogens with one attached hydrogen (secondary N) is 1. The molecule has 1 aromatic heterocycles. The van der Waals surface area contributed by atoms with Crippen molar-refractivity contribution < 1.29 is 19.1 Å². The number of carbonyl (C=O) groups excluding carboxylic acids is 2. The Labute approximate surface area is 214 Å². The number of anilines is 1. The summed E-state index contributed by atoms with van der Waals surface area (Å²) in [6, 6.07) is 12.5. The number of ether oxygens (including phenoxy) is 2. The van der Waals surface area contributed by atoms with Crippen molar-refractivity contribution in [1.29, 1.82) is 0 Å². The SMILES string of the molecule is CCCCCCOc1c(Cl)cc(C(=O)Nc2scc(-c3ccccc3)c2C(=O)OCC)cc1Cl. The van der Waals surface area contributed by atoms with Crippen molar-refractivity contribution in [3.05, 3.63) is 69.0 Å². The summed E-state index contributed by atoms with van der Waals surface area (Å²) >= 11 is 14.0. The van der Waals surface area contributed by atoms with Gasteiger partial charge < -0.3 is 14.8 Å². The lowest BCUT2D eigenvalue weighted by atomic mass is 10.0. The van der Waals surface area contributed by atoms with Crippen molar-refractivity contribution in [2.24, 2.45) is 0 Å². The van der Waals surface area contributed by atoms with E-state index in [-0.39, 0.29) is 22.2 Å². The molecule has 8 heteroatoms. The lowest BCUT2D eigenvalue weighted by molar-refractivity contribution is 0.0529. The van der Waals surface area contributed by atoms with Crippen LogP contribution >= 0.6 is 34.5 Å². The molecule has 180 valence electrons. The number of rotatable bonds is 11. The molecule has 0 aliphatic carbocycles. The monoisotopic (exact) mass is 519 g/mol. The van der Waals surface area contributed by atoms with Crippen LogP contribution < -0.4 is 10.1 Å². The van der Waals surface area contributed by atoms with E-state index in [1.807, 2.05) is 35.7 Å². The molecule has 0 saturated heterocycles. The van der Waals surface area contributed by atoms with Crippen LogP contribution in [0.2, 0.25) is 10.0 Å². The summed E-state index contributed by atoms with van der Waals surface area (Å²) in [5, 5.41) is 5.56. The van der Waals surface area contributed by atoms with Crippen LogP contribution in [-0.4, -0.2) is 25.1 Å². The van der Waals surface area contributed by atoms with Gasteiger partial charge in [-0.05, 0) is 31.0 Å². The predicted molar refractivity (Wildman–Crippen MR) is 140 cm³/mol. The zero-order chi connectivity index (χ0) is 24.5. The fraction of sp³-hybridized carbons (Fsp3) is 0.308. The number of hydrogen-bond donors (Lipinski definition) is 1. The Morgan fingerprint density at radius 2 is 1.71 bits per heavy atom.